The number of alkyl halides is 3. The van der Waals surface area contributed by atoms with Gasteiger partial charge in [0.05, 0.1) is 49.5 Å². The van der Waals surface area contributed by atoms with Crippen molar-refractivity contribution in [2.24, 2.45) is 0 Å². The molecule has 0 saturated carbocycles. The average molecular weight is 497 g/mol. The van der Waals surface area contributed by atoms with Gasteiger partial charge in [-0.2, -0.15) is 18.3 Å². The fraction of sp³-hybridized carbons (Fsp3) is 0.381. The minimum absolute atomic E-state index is 0.000359. The zero-order valence-electron chi connectivity index (χ0n) is 18.8. The minimum Gasteiger partial charge on any atom is -0.383 e. The van der Waals surface area contributed by atoms with Crippen LogP contribution in [0.4, 0.5) is 18.9 Å². The van der Waals surface area contributed by atoms with Crippen molar-refractivity contribution < 1.29 is 27.6 Å². The quantitative estimate of drug-likeness (QED) is 0.311. The number of rotatable bonds is 10. The van der Waals surface area contributed by atoms with Gasteiger partial charge in [-0.25, -0.2) is 4.79 Å². The van der Waals surface area contributed by atoms with Crippen LogP contribution >= 0.6 is 0 Å². The number of benzene rings is 1. The van der Waals surface area contributed by atoms with Gasteiger partial charge >= 0.3 is 23.1 Å². The molecule has 0 fully saturated rings. The Hall–Kier alpha value is -3.78. The average Bonchev–Trinajstić information content (AvgIpc) is 3.25. The van der Waals surface area contributed by atoms with Crippen molar-refractivity contribution in [3.8, 4) is 11.3 Å². The van der Waals surface area contributed by atoms with Crippen LogP contribution in [0.25, 0.3) is 11.3 Å². The SMILES string of the molecule is COCCn1c(-c2cnn(Cc3ccccc3C(F)(F)F)c2)c([N+](=O)[O-])c(=O)n(CCOC)c1=O. The highest BCUT2D eigenvalue weighted by molar-refractivity contribution is 5.68. The van der Waals surface area contributed by atoms with E-state index in [1.807, 2.05) is 0 Å². The molecular formula is C21H22F3N5O6. The van der Waals surface area contributed by atoms with E-state index in [-0.39, 0.29) is 49.7 Å². The van der Waals surface area contributed by atoms with E-state index in [4.69, 9.17) is 9.47 Å². The highest BCUT2D eigenvalue weighted by Gasteiger charge is 2.33. The first-order valence-electron chi connectivity index (χ1n) is 10.3. The number of hydrogen-bond acceptors (Lipinski definition) is 7. The van der Waals surface area contributed by atoms with Crippen LogP contribution in [0.5, 0.6) is 0 Å². The van der Waals surface area contributed by atoms with E-state index in [0.29, 0.717) is 4.57 Å². The van der Waals surface area contributed by atoms with Crippen LogP contribution in [0.3, 0.4) is 0 Å². The summed E-state index contributed by atoms with van der Waals surface area (Å²) in [6.45, 7) is -0.667. The highest BCUT2D eigenvalue weighted by Crippen LogP contribution is 2.32. The van der Waals surface area contributed by atoms with E-state index in [9.17, 15) is 32.9 Å². The molecule has 188 valence electrons. The lowest BCUT2D eigenvalue weighted by molar-refractivity contribution is -0.386. The molecule has 0 spiro atoms. The molecule has 0 saturated heterocycles. The summed E-state index contributed by atoms with van der Waals surface area (Å²) in [5.74, 6) is 0. The van der Waals surface area contributed by atoms with Crippen LogP contribution in [0.1, 0.15) is 11.1 Å². The van der Waals surface area contributed by atoms with E-state index in [1.54, 1.807) is 0 Å². The fourth-order valence-corrected chi connectivity index (χ4v) is 3.59. The summed E-state index contributed by atoms with van der Waals surface area (Å²) >= 11 is 0. The Bertz CT molecular complexity index is 1330. The van der Waals surface area contributed by atoms with Crippen LogP contribution in [0, 0.1) is 10.1 Å². The molecule has 0 aliphatic carbocycles. The number of aromatic nitrogens is 4. The number of halogens is 3. The Labute approximate surface area is 196 Å². The van der Waals surface area contributed by atoms with Gasteiger partial charge in [-0.05, 0) is 11.6 Å². The van der Waals surface area contributed by atoms with Gasteiger partial charge in [-0.15, -0.1) is 0 Å². The van der Waals surface area contributed by atoms with Gasteiger partial charge in [-0.3, -0.25) is 28.7 Å². The molecule has 3 aromatic rings. The van der Waals surface area contributed by atoms with E-state index < -0.39 is 33.6 Å². The van der Waals surface area contributed by atoms with Crippen LogP contribution in [-0.2, 0) is 35.3 Å². The molecule has 0 aliphatic heterocycles. The number of nitro groups is 1. The summed E-state index contributed by atoms with van der Waals surface area (Å²) < 4.78 is 52.8. The van der Waals surface area contributed by atoms with Gasteiger partial charge in [0.25, 0.3) is 0 Å². The Morgan fingerprint density at radius 3 is 2.29 bits per heavy atom. The van der Waals surface area contributed by atoms with Gasteiger partial charge in [0, 0.05) is 26.0 Å². The number of hydrogen-bond donors (Lipinski definition) is 0. The van der Waals surface area contributed by atoms with E-state index in [1.165, 1.54) is 38.6 Å². The third-order valence-electron chi connectivity index (χ3n) is 5.19. The summed E-state index contributed by atoms with van der Waals surface area (Å²) in [6, 6.07) is 4.93. The molecule has 35 heavy (non-hydrogen) atoms. The normalized spacial score (nSPS) is 11.7. The number of methoxy groups -OCH3 is 2. The van der Waals surface area contributed by atoms with Crippen molar-refractivity contribution in [2.45, 2.75) is 25.8 Å². The number of nitrogens with zero attached hydrogens (tertiary/aromatic N) is 5. The molecule has 1 aromatic carbocycles. The van der Waals surface area contributed by atoms with Crippen molar-refractivity contribution in [1.29, 1.82) is 0 Å². The largest absolute Gasteiger partial charge is 0.416 e. The van der Waals surface area contributed by atoms with Crippen molar-refractivity contribution >= 4 is 5.69 Å². The lowest BCUT2D eigenvalue weighted by atomic mass is 10.1. The summed E-state index contributed by atoms with van der Waals surface area (Å²) in [4.78, 5) is 36.9. The zero-order chi connectivity index (χ0) is 25.8. The Morgan fingerprint density at radius 2 is 1.69 bits per heavy atom. The second-order valence-corrected chi connectivity index (χ2v) is 7.41. The molecule has 0 bridgehead atoms. The lowest BCUT2D eigenvalue weighted by Gasteiger charge is -2.15. The van der Waals surface area contributed by atoms with Crippen molar-refractivity contribution in [3.63, 3.8) is 0 Å². The van der Waals surface area contributed by atoms with E-state index in [0.717, 1.165) is 21.5 Å². The third-order valence-corrected chi connectivity index (χ3v) is 5.19. The van der Waals surface area contributed by atoms with Crippen molar-refractivity contribution in [3.05, 3.63) is 78.7 Å². The smallest absolute Gasteiger partial charge is 0.383 e. The second kappa shape index (κ2) is 10.7. The predicted molar refractivity (Wildman–Crippen MR) is 117 cm³/mol. The maximum absolute atomic E-state index is 13.3. The fourth-order valence-electron chi connectivity index (χ4n) is 3.59. The van der Waals surface area contributed by atoms with E-state index >= 15 is 0 Å². The lowest BCUT2D eigenvalue weighted by Crippen LogP contribution is -2.43. The molecular weight excluding hydrogens is 475 g/mol. The topological polar surface area (TPSA) is 123 Å². The van der Waals surface area contributed by atoms with Gasteiger partial charge in [0.1, 0.15) is 5.69 Å². The minimum atomic E-state index is -4.58. The first kappa shape index (κ1) is 25.8. The molecule has 0 amide bonds. The van der Waals surface area contributed by atoms with Crippen LogP contribution < -0.4 is 11.2 Å². The first-order valence-corrected chi connectivity index (χ1v) is 10.3. The Morgan fingerprint density at radius 1 is 1.06 bits per heavy atom. The first-order chi connectivity index (χ1) is 16.6. The van der Waals surface area contributed by atoms with Crippen LogP contribution in [0.2, 0.25) is 0 Å². The summed E-state index contributed by atoms with van der Waals surface area (Å²) in [5, 5.41) is 15.9. The zero-order valence-corrected chi connectivity index (χ0v) is 18.8. The molecule has 3 rings (SSSR count). The van der Waals surface area contributed by atoms with Crippen LogP contribution in [0.15, 0.2) is 46.2 Å². The predicted octanol–water partition coefficient (Wildman–Crippen LogP) is 2.14. The molecule has 0 aliphatic rings. The van der Waals surface area contributed by atoms with Gasteiger partial charge in [-0.1, -0.05) is 18.2 Å². The van der Waals surface area contributed by atoms with Crippen molar-refractivity contribution in [1.82, 2.24) is 18.9 Å². The standard InChI is InChI=1S/C21H22F3N5O6/c1-34-9-7-27-17(18(29(32)33)19(30)28(20(27)31)8-10-35-2)15-11-25-26(13-15)12-14-5-3-4-6-16(14)21(22,23)24/h3-6,11,13H,7-10,12H2,1-2H3. The number of ether oxygens (including phenoxy) is 2. The molecule has 11 nitrogen and oxygen atoms in total. The van der Waals surface area contributed by atoms with E-state index in [2.05, 4.69) is 5.10 Å². The van der Waals surface area contributed by atoms with Crippen LogP contribution in [-0.4, -0.2) is 51.3 Å². The molecule has 0 unspecified atom stereocenters. The monoisotopic (exact) mass is 497 g/mol. The molecule has 2 heterocycles. The molecule has 14 heteroatoms. The molecule has 0 radical (unpaired) electrons. The third kappa shape index (κ3) is 5.49. The maximum atomic E-state index is 13.3. The maximum Gasteiger partial charge on any atom is 0.416 e. The summed E-state index contributed by atoms with van der Waals surface area (Å²) in [5.41, 5.74) is -4.03. The summed E-state index contributed by atoms with van der Waals surface area (Å²) in [6.07, 6.45) is -2.18. The van der Waals surface area contributed by atoms with Gasteiger partial charge in [0.2, 0.25) is 0 Å². The Balaban J connectivity index is 2.16. The van der Waals surface area contributed by atoms with Gasteiger partial charge < -0.3 is 9.47 Å². The van der Waals surface area contributed by atoms with Gasteiger partial charge in [0.15, 0.2) is 0 Å². The highest BCUT2D eigenvalue weighted by atomic mass is 19.4. The Kier molecular flexibility index (Phi) is 7.86. The second-order valence-electron chi connectivity index (χ2n) is 7.41. The van der Waals surface area contributed by atoms with Crippen molar-refractivity contribution in [2.75, 3.05) is 27.4 Å². The molecule has 0 N–H and O–H groups in total. The molecule has 2 aromatic heterocycles. The molecule has 0 atom stereocenters. The summed E-state index contributed by atoms with van der Waals surface area (Å²) in [7, 11) is 2.72.